The first-order valence-corrected chi connectivity index (χ1v) is 17.8. The van der Waals surface area contributed by atoms with Crippen molar-refractivity contribution in [3.63, 3.8) is 0 Å². The van der Waals surface area contributed by atoms with Gasteiger partial charge in [-0.05, 0) is 60.7 Å². The van der Waals surface area contributed by atoms with Crippen molar-refractivity contribution < 1.29 is 0 Å². The van der Waals surface area contributed by atoms with Crippen molar-refractivity contribution in [3.8, 4) is 39.7 Å². The highest BCUT2D eigenvalue weighted by Crippen LogP contribution is 2.48. The SMILES string of the molecule is c1ccc(-c2nc3c4c5ccccc5n(-c5ccccc5)c4c4c5ccccc5n(-c5ccc(-c6ccncc6)nc5)c4c3n2-c2ccccc2)cc1. The van der Waals surface area contributed by atoms with Crippen LogP contribution in [0.25, 0.3) is 94.4 Å². The van der Waals surface area contributed by atoms with Gasteiger partial charge in [-0.25, -0.2) is 4.98 Å². The van der Waals surface area contributed by atoms with Crippen LogP contribution in [0.2, 0.25) is 0 Å². The second-order valence-electron chi connectivity index (χ2n) is 13.3. The Hall–Kier alpha value is -7.31. The van der Waals surface area contributed by atoms with E-state index in [0.29, 0.717) is 0 Å². The van der Waals surface area contributed by atoms with E-state index in [9.17, 15) is 0 Å². The van der Waals surface area contributed by atoms with Gasteiger partial charge < -0.3 is 9.13 Å². The predicted octanol–water partition coefficient (Wildman–Crippen LogP) is 11.3. The maximum absolute atomic E-state index is 5.67. The largest absolute Gasteiger partial charge is 0.308 e. The maximum atomic E-state index is 5.67. The zero-order valence-corrected chi connectivity index (χ0v) is 28.5. The molecule has 0 fully saturated rings. The normalized spacial score (nSPS) is 11.8. The lowest BCUT2D eigenvalue weighted by atomic mass is 10.1. The minimum absolute atomic E-state index is 0.889. The van der Waals surface area contributed by atoms with Crippen molar-refractivity contribution in [2.24, 2.45) is 0 Å². The quantitative estimate of drug-likeness (QED) is 0.182. The molecular formula is C47H30N6. The average molecular weight is 679 g/mol. The van der Waals surface area contributed by atoms with Crippen molar-refractivity contribution in [2.45, 2.75) is 0 Å². The summed E-state index contributed by atoms with van der Waals surface area (Å²) in [4.78, 5) is 14.9. The van der Waals surface area contributed by atoms with Gasteiger partial charge in [-0.15, -0.1) is 0 Å². The van der Waals surface area contributed by atoms with E-state index in [4.69, 9.17) is 9.97 Å². The van der Waals surface area contributed by atoms with E-state index >= 15 is 0 Å². The topological polar surface area (TPSA) is 53.5 Å². The smallest absolute Gasteiger partial charge is 0.145 e. The lowest BCUT2D eigenvalue weighted by Gasteiger charge is -2.14. The molecule has 6 nitrogen and oxygen atoms in total. The van der Waals surface area contributed by atoms with Crippen LogP contribution >= 0.6 is 0 Å². The number of imidazole rings is 1. The first-order valence-electron chi connectivity index (χ1n) is 17.8. The van der Waals surface area contributed by atoms with Gasteiger partial charge >= 0.3 is 0 Å². The van der Waals surface area contributed by atoms with E-state index in [2.05, 4.69) is 170 Å². The third-order valence-corrected chi connectivity index (χ3v) is 10.4. The monoisotopic (exact) mass is 678 g/mol. The average Bonchev–Trinajstić information content (AvgIpc) is 3.91. The Morgan fingerprint density at radius 1 is 0.396 bits per heavy atom. The second-order valence-corrected chi connectivity index (χ2v) is 13.3. The van der Waals surface area contributed by atoms with Crippen molar-refractivity contribution >= 4 is 54.6 Å². The standard InChI is InChI=1S/C47H30N6/c1-4-14-32(15-5-1)47-50-43-41-36-20-10-12-22-39(36)51(33-16-6-2-7-17-33)44(41)42-37-21-11-13-23-40(37)52(45(42)46(43)53(47)34-18-8-3-9-19-34)35-24-25-38(49-30-35)31-26-28-48-29-27-31/h1-30H. The Balaban J connectivity index is 1.41. The molecule has 0 radical (unpaired) electrons. The Labute approximate surface area is 304 Å². The molecule has 248 valence electrons. The highest BCUT2D eigenvalue weighted by atomic mass is 15.1. The first kappa shape index (κ1) is 29.4. The summed E-state index contributed by atoms with van der Waals surface area (Å²) in [5.74, 6) is 0.889. The summed E-state index contributed by atoms with van der Waals surface area (Å²) in [7, 11) is 0. The number of hydrogen-bond acceptors (Lipinski definition) is 3. The number of rotatable bonds is 5. The van der Waals surface area contributed by atoms with E-state index < -0.39 is 0 Å². The van der Waals surface area contributed by atoms with Crippen LogP contribution in [0.4, 0.5) is 0 Å². The summed E-state index contributed by atoms with van der Waals surface area (Å²) in [6.45, 7) is 0. The number of fused-ring (bicyclic) bond motifs is 10. The molecule has 0 aliphatic carbocycles. The van der Waals surface area contributed by atoms with Gasteiger partial charge in [-0.3, -0.25) is 14.5 Å². The number of pyridine rings is 2. The number of aromatic nitrogens is 6. The van der Waals surface area contributed by atoms with Crippen LogP contribution in [0.3, 0.4) is 0 Å². The molecule has 0 atom stereocenters. The van der Waals surface area contributed by atoms with E-state index in [1.807, 2.05) is 18.3 Å². The Morgan fingerprint density at radius 3 is 1.60 bits per heavy atom. The molecule has 6 heteroatoms. The summed E-state index contributed by atoms with van der Waals surface area (Å²) < 4.78 is 7.17. The molecule has 0 unspecified atom stereocenters. The van der Waals surface area contributed by atoms with Crippen molar-refractivity contribution in [3.05, 3.63) is 182 Å². The molecule has 0 aliphatic heterocycles. The molecule has 0 aliphatic rings. The maximum Gasteiger partial charge on any atom is 0.145 e. The van der Waals surface area contributed by atoms with Gasteiger partial charge in [0.25, 0.3) is 0 Å². The molecule has 0 saturated carbocycles. The fraction of sp³-hybridized carbons (Fsp3) is 0. The predicted molar refractivity (Wildman–Crippen MR) is 216 cm³/mol. The molecule has 0 bridgehead atoms. The summed E-state index contributed by atoms with van der Waals surface area (Å²) in [6.07, 6.45) is 5.60. The summed E-state index contributed by atoms with van der Waals surface area (Å²) >= 11 is 0. The van der Waals surface area contributed by atoms with Gasteiger partial charge in [-0.2, -0.15) is 0 Å². The van der Waals surface area contributed by atoms with Crippen LogP contribution in [-0.2, 0) is 0 Å². The Bertz CT molecular complexity index is 3120. The third kappa shape index (κ3) is 4.36. The van der Waals surface area contributed by atoms with Crippen LogP contribution in [0, 0.1) is 0 Å². The molecule has 11 aromatic rings. The molecule has 53 heavy (non-hydrogen) atoms. The molecule has 6 aromatic carbocycles. The highest BCUT2D eigenvalue weighted by Gasteiger charge is 2.29. The molecule has 0 N–H and O–H groups in total. The molecule has 11 rings (SSSR count). The zero-order chi connectivity index (χ0) is 34.9. The van der Waals surface area contributed by atoms with Crippen LogP contribution in [0.1, 0.15) is 0 Å². The molecule has 0 spiro atoms. The Morgan fingerprint density at radius 2 is 0.962 bits per heavy atom. The van der Waals surface area contributed by atoms with E-state index in [0.717, 1.165) is 94.4 Å². The summed E-state index contributed by atoms with van der Waals surface area (Å²) in [6, 6.07) is 57.6. The lowest BCUT2D eigenvalue weighted by Crippen LogP contribution is -2.01. The summed E-state index contributed by atoms with van der Waals surface area (Å²) in [5.41, 5.74) is 12.5. The molecule has 0 saturated heterocycles. The van der Waals surface area contributed by atoms with Gasteiger partial charge in [0.1, 0.15) is 11.3 Å². The number of benzene rings is 6. The van der Waals surface area contributed by atoms with Crippen LogP contribution in [0.15, 0.2) is 182 Å². The fourth-order valence-corrected chi connectivity index (χ4v) is 8.17. The van der Waals surface area contributed by atoms with E-state index in [1.165, 1.54) is 0 Å². The van der Waals surface area contributed by atoms with Crippen LogP contribution < -0.4 is 0 Å². The van der Waals surface area contributed by atoms with Gasteiger partial charge in [0.15, 0.2) is 0 Å². The van der Waals surface area contributed by atoms with Crippen molar-refractivity contribution in [1.29, 1.82) is 0 Å². The molecular weight excluding hydrogens is 649 g/mol. The van der Waals surface area contributed by atoms with Crippen molar-refractivity contribution in [2.75, 3.05) is 0 Å². The van der Waals surface area contributed by atoms with Gasteiger partial charge in [0, 0.05) is 56.4 Å². The first-order chi connectivity index (χ1) is 26.3. The van der Waals surface area contributed by atoms with Crippen LogP contribution in [-0.4, -0.2) is 28.7 Å². The number of nitrogens with zero attached hydrogens (tertiary/aromatic N) is 6. The minimum atomic E-state index is 0.889. The molecule has 5 aromatic heterocycles. The van der Waals surface area contributed by atoms with Gasteiger partial charge in [0.2, 0.25) is 0 Å². The number of para-hydroxylation sites is 4. The van der Waals surface area contributed by atoms with Gasteiger partial charge in [-0.1, -0.05) is 103 Å². The molecule has 5 heterocycles. The summed E-state index contributed by atoms with van der Waals surface area (Å²) in [5, 5.41) is 4.62. The third-order valence-electron chi connectivity index (χ3n) is 10.4. The number of hydrogen-bond donors (Lipinski definition) is 0. The Kier molecular flexibility index (Phi) is 6.45. The van der Waals surface area contributed by atoms with Crippen molar-refractivity contribution in [1.82, 2.24) is 28.7 Å². The van der Waals surface area contributed by atoms with Gasteiger partial charge in [0.05, 0.1) is 45.2 Å². The highest BCUT2D eigenvalue weighted by molar-refractivity contribution is 6.36. The van der Waals surface area contributed by atoms with Crippen LogP contribution in [0.5, 0.6) is 0 Å². The van der Waals surface area contributed by atoms with E-state index in [-0.39, 0.29) is 0 Å². The fourth-order valence-electron chi connectivity index (χ4n) is 8.17. The zero-order valence-electron chi connectivity index (χ0n) is 28.5. The van der Waals surface area contributed by atoms with E-state index in [1.54, 1.807) is 12.4 Å². The minimum Gasteiger partial charge on any atom is -0.308 e. The molecule has 0 amide bonds. The lowest BCUT2D eigenvalue weighted by molar-refractivity contribution is 1.09. The second kappa shape index (κ2) is 11.6.